The van der Waals surface area contributed by atoms with Crippen molar-refractivity contribution in [1.29, 1.82) is 0 Å². The molecule has 2 aromatic rings. The van der Waals surface area contributed by atoms with Crippen molar-refractivity contribution in [2.45, 2.75) is 11.3 Å². The lowest BCUT2D eigenvalue weighted by Crippen LogP contribution is -2.28. The number of hydrogen-bond donors (Lipinski definition) is 1. The fraction of sp³-hybridized carbons (Fsp3) is 0.0588. The van der Waals surface area contributed by atoms with E-state index in [2.05, 4.69) is 9.71 Å². The van der Waals surface area contributed by atoms with Crippen molar-refractivity contribution in [3.05, 3.63) is 78.3 Å². The van der Waals surface area contributed by atoms with E-state index in [-0.39, 0.29) is 22.8 Å². The minimum atomic E-state index is -3.78. The van der Waals surface area contributed by atoms with Gasteiger partial charge in [0.25, 0.3) is 10.0 Å². The lowest BCUT2D eigenvalue weighted by Gasteiger charge is -2.15. The fourth-order valence-corrected chi connectivity index (χ4v) is 3.34. The largest absolute Gasteiger partial charge is 0.292 e. The number of Topliss-reactive ketones (excluding diaryl/α,β-unsaturated/α-hetero) is 1. The van der Waals surface area contributed by atoms with Crippen LogP contribution in [-0.2, 0) is 14.8 Å². The average Bonchev–Trinajstić information content (AvgIpc) is 2.58. The number of carbonyl (C=O) groups excluding carboxylic acids is 1. The van der Waals surface area contributed by atoms with Crippen LogP contribution in [0.2, 0.25) is 0 Å². The quantitative estimate of drug-likeness (QED) is 0.935. The van der Waals surface area contributed by atoms with Gasteiger partial charge in [-0.2, -0.15) is 0 Å². The number of nitrogens with zero attached hydrogens (tertiary/aromatic N) is 1. The molecule has 0 radical (unpaired) electrons. The van der Waals surface area contributed by atoms with E-state index < -0.39 is 10.0 Å². The number of carbonyl (C=O) groups is 1. The van der Waals surface area contributed by atoms with Crippen LogP contribution in [0, 0.1) is 0 Å². The second-order valence-electron chi connectivity index (χ2n) is 5.00. The van der Waals surface area contributed by atoms with E-state index in [1.54, 1.807) is 54.9 Å². The minimum Gasteiger partial charge on any atom is -0.292 e. The van der Waals surface area contributed by atoms with E-state index in [1.807, 2.05) is 0 Å². The molecule has 1 N–H and O–H groups in total. The Labute approximate surface area is 134 Å². The smallest absolute Gasteiger partial charge is 0.262 e. The number of allylic oxidation sites excluding steroid dienone is 4. The van der Waals surface area contributed by atoms with Gasteiger partial charge >= 0.3 is 0 Å². The molecule has 0 atom stereocenters. The fourth-order valence-electron chi connectivity index (χ4n) is 2.24. The lowest BCUT2D eigenvalue weighted by molar-refractivity contribution is -0.115. The molecule has 1 heterocycles. The highest BCUT2D eigenvalue weighted by Gasteiger charge is 2.21. The number of aromatic nitrogens is 1. The second-order valence-corrected chi connectivity index (χ2v) is 6.68. The molecular formula is C17H14N2O3S. The maximum absolute atomic E-state index is 12.4. The lowest BCUT2D eigenvalue weighted by atomic mass is 9.98. The highest BCUT2D eigenvalue weighted by molar-refractivity contribution is 7.89. The van der Waals surface area contributed by atoms with E-state index >= 15 is 0 Å². The summed E-state index contributed by atoms with van der Waals surface area (Å²) in [5.41, 5.74) is 1.74. The molecule has 0 saturated carbocycles. The number of hydrogen-bond acceptors (Lipinski definition) is 4. The minimum absolute atomic E-state index is 0.0724. The molecule has 0 unspecified atom stereocenters. The predicted octanol–water partition coefficient (Wildman–Crippen LogP) is 2.30. The maximum Gasteiger partial charge on any atom is 0.262 e. The first-order chi connectivity index (χ1) is 11.1. The van der Waals surface area contributed by atoms with Crippen LogP contribution in [0.5, 0.6) is 0 Å². The number of ketones is 1. The van der Waals surface area contributed by atoms with Crippen LogP contribution in [-0.4, -0.2) is 19.2 Å². The highest BCUT2D eigenvalue weighted by atomic mass is 32.2. The first kappa shape index (κ1) is 15.2. The van der Waals surface area contributed by atoms with Gasteiger partial charge in [0.05, 0.1) is 10.6 Å². The summed E-state index contributed by atoms with van der Waals surface area (Å²) < 4.78 is 27.1. The molecular weight excluding hydrogens is 312 g/mol. The van der Waals surface area contributed by atoms with Gasteiger partial charge in [0.2, 0.25) is 0 Å². The van der Waals surface area contributed by atoms with Crippen LogP contribution in [0.15, 0.2) is 77.6 Å². The maximum atomic E-state index is 12.4. The summed E-state index contributed by atoms with van der Waals surface area (Å²) in [6.45, 7) is 0. The molecule has 23 heavy (non-hydrogen) atoms. The van der Waals surface area contributed by atoms with Crippen LogP contribution in [0.3, 0.4) is 0 Å². The Bertz CT molecular complexity index is 886. The standard InChI is InChI=1S/C17H14N2O3S/c20-17-7-6-14(13-8-10-18-11-9-13)12-16(17)19-23(21,22)15-4-2-1-3-5-15/h1-6,8-12,19H,7H2. The first-order valence-corrected chi connectivity index (χ1v) is 8.48. The number of nitrogens with one attached hydrogen (secondary N) is 1. The van der Waals surface area contributed by atoms with Gasteiger partial charge in [-0.15, -0.1) is 0 Å². The third-order valence-corrected chi connectivity index (χ3v) is 4.80. The molecule has 116 valence electrons. The molecule has 6 heteroatoms. The highest BCUT2D eigenvalue weighted by Crippen LogP contribution is 2.23. The third-order valence-electron chi connectivity index (χ3n) is 3.42. The number of benzene rings is 1. The molecule has 0 saturated heterocycles. The second kappa shape index (κ2) is 6.18. The molecule has 5 nitrogen and oxygen atoms in total. The zero-order valence-corrected chi connectivity index (χ0v) is 13.0. The van der Waals surface area contributed by atoms with Gasteiger partial charge in [-0.1, -0.05) is 24.3 Å². The van der Waals surface area contributed by atoms with Crippen molar-refractivity contribution in [2.24, 2.45) is 0 Å². The summed E-state index contributed by atoms with van der Waals surface area (Å²) in [4.78, 5) is 16.1. The van der Waals surface area contributed by atoms with Gasteiger partial charge in [-0.25, -0.2) is 8.42 Å². The molecule has 1 aliphatic carbocycles. The molecule has 0 spiro atoms. The average molecular weight is 326 g/mol. The molecule has 0 bridgehead atoms. The molecule has 0 amide bonds. The Hall–Kier alpha value is -2.73. The van der Waals surface area contributed by atoms with E-state index in [0.29, 0.717) is 0 Å². The summed E-state index contributed by atoms with van der Waals surface area (Å²) in [5.74, 6) is -0.262. The van der Waals surface area contributed by atoms with Crippen molar-refractivity contribution < 1.29 is 13.2 Å². The van der Waals surface area contributed by atoms with Gasteiger partial charge in [-0.05, 0) is 41.5 Å². The Kier molecular flexibility index (Phi) is 4.08. The SMILES string of the molecule is O=C1CC=C(c2ccncc2)C=C1NS(=O)(=O)c1ccccc1. The van der Waals surface area contributed by atoms with Crippen molar-refractivity contribution in [3.63, 3.8) is 0 Å². The summed E-state index contributed by atoms with van der Waals surface area (Å²) in [7, 11) is -3.78. The topological polar surface area (TPSA) is 76.1 Å². The Morgan fingerprint density at radius 1 is 1.00 bits per heavy atom. The number of sulfonamides is 1. The normalized spacial score (nSPS) is 14.9. The van der Waals surface area contributed by atoms with Crippen LogP contribution >= 0.6 is 0 Å². The first-order valence-electron chi connectivity index (χ1n) is 6.99. The molecule has 0 fully saturated rings. The third kappa shape index (κ3) is 3.37. The van der Waals surface area contributed by atoms with E-state index in [9.17, 15) is 13.2 Å². The zero-order valence-electron chi connectivity index (χ0n) is 12.1. The monoisotopic (exact) mass is 326 g/mol. The van der Waals surface area contributed by atoms with Crippen LogP contribution < -0.4 is 4.72 Å². The summed E-state index contributed by atoms with van der Waals surface area (Å²) >= 11 is 0. The van der Waals surface area contributed by atoms with E-state index in [1.165, 1.54) is 12.1 Å². The van der Waals surface area contributed by atoms with Crippen LogP contribution in [0.25, 0.3) is 5.57 Å². The summed E-state index contributed by atoms with van der Waals surface area (Å²) in [5, 5.41) is 0. The van der Waals surface area contributed by atoms with Crippen LogP contribution in [0.4, 0.5) is 0 Å². The number of rotatable bonds is 4. The van der Waals surface area contributed by atoms with Gasteiger partial charge in [-0.3, -0.25) is 14.5 Å². The van der Waals surface area contributed by atoms with Crippen molar-refractivity contribution in [3.8, 4) is 0 Å². The molecule has 1 aromatic heterocycles. The van der Waals surface area contributed by atoms with Gasteiger partial charge < -0.3 is 0 Å². The van der Waals surface area contributed by atoms with Gasteiger partial charge in [0, 0.05) is 18.8 Å². The molecule has 1 aromatic carbocycles. The summed E-state index contributed by atoms with van der Waals surface area (Å²) in [6, 6.07) is 11.6. The predicted molar refractivity (Wildman–Crippen MR) is 86.7 cm³/mol. The zero-order chi connectivity index (χ0) is 16.3. The van der Waals surface area contributed by atoms with E-state index in [0.717, 1.165) is 11.1 Å². The Morgan fingerprint density at radius 3 is 2.39 bits per heavy atom. The summed E-state index contributed by atoms with van der Waals surface area (Å²) in [6.07, 6.45) is 6.78. The Morgan fingerprint density at radius 2 is 1.70 bits per heavy atom. The van der Waals surface area contributed by atoms with E-state index in [4.69, 9.17) is 0 Å². The van der Waals surface area contributed by atoms with Crippen molar-refractivity contribution in [2.75, 3.05) is 0 Å². The van der Waals surface area contributed by atoms with Gasteiger partial charge in [0.1, 0.15) is 0 Å². The number of pyridine rings is 1. The van der Waals surface area contributed by atoms with Crippen molar-refractivity contribution in [1.82, 2.24) is 9.71 Å². The molecule has 0 aliphatic heterocycles. The Balaban J connectivity index is 1.91. The van der Waals surface area contributed by atoms with Crippen LogP contribution in [0.1, 0.15) is 12.0 Å². The van der Waals surface area contributed by atoms with Gasteiger partial charge in [0.15, 0.2) is 5.78 Å². The van der Waals surface area contributed by atoms with Crippen molar-refractivity contribution >= 4 is 21.4 Å². The molecule has 3 rings (SSSR count). The molecule has 1 aliphatic rings.